The van der Waals surface area contributed by atoms with Gasteiger partial charge in [0.15, 0.2) is 5.78 Å². The average Bonchev–Trinajstić information content (AvgIpc) is 3.06. The van der Waals surface area contributed by atoms with Crippen LogP contribution in [0.5, 0.6) is 0 Å². The Bertz CT molecular complexity index is 959. The van der Waals surface area contributed by atoms with Gasteiger partial charge in [-0.25, -0.2) is 4.39 Å². The minimum absolute atomic E-state index is 0. The van der Waals surface area contributed by atoms with Gasteiger partial charge in [0.2, 0.25) is 0 Å². The van der Waals surface area contributed by atoms with Gasteiger partial charge in [-0.05, 0) is 80.7 Å². The maximum atomic E-state index is 13.0. The van der Waals surface area contributed by atoms with E-state index in [4.69, 9.17) is 0 Å². The van der Waals surface area contributed by atoms with E-state index in [0.717, 1.165) is 26.1 Å². The summed E-state index contributed by atoms with van der Waals surface area (Å²) in [6.07, 6.45) is 6.01. The van der Waals surface area contributed by atoms with E-state index in [1.165, 1.54) is 41.4 Å². The van der Waals surface area contributed by atoms with E-state index in [1.807, 2.05) is 0 Å². The second kappa shape index (κ2) is 9.55. The fraction of sp³-hybridized carbons (Fsp3) is 0.375. The molecule has 154 valence electrons. The summed E-state index contributed by atoms with van der Waals surface area (Å²) < 4.78 is 15.2. The number of rotatable bonds is 6. The Morgan fingerprint density at radius 1 is 1.07 bits per heavy atom. The number of ketones is 1. The van der Waals surface area contributed by atoms with Gasteiger partial charge in [-0.15, -0.1) is 12.4 Å². The molecule has 1 saturated heterocycles. The van der Waals surface area contributed by atoms with Gasteiger partial charge >= 0.3 is 0 Å². The molecule has 0 atom stereocenters. The number of para-hydroxylation sites is 1. The maximum absolute atomic E-state index is 13.0. The largest absolute Gasteiger partial charge is 0.350 e. The SMILES string of the molecule is Cl.Cn1cc(C2CCN(CCCC(=O)c3ccc(F)cc3)CC2)c2ccccc21. The topological polar surface area (TPSA) is 25.2 Å². The first kappa shape index (κ1) is 21.5. The average molecular weight is 415 g/mol. The normalized spacial score (nSPS) is 15.4. The van der Waals surface area contributed by atoms with Gasteiger partial charge in [0.1, 0.15) is 5.82 Å². The molecule has 1 aliphatic rings. The van der Waals surface area contributed by atoms with Crippen LogP contribution >= 0.6 is 12.4 Å². The van der Waals surface area contributed by atoms with Gasteiger partial charge in [0.05, 0.1) is 0 Å². The molecular weight excluding hydrogens is 387 g/mol. The first-order chi connectivity index (χ1) is 13.6. The van der Waals surface area contributed by atoms with Crippen molar-refractivity contribution in [3.05, 3.63) is 71.7 Å². The Morgan fingerprint density at radius 2 is 1.76 bits per heavy atom. The molecule has 1 fully saturated rings. The molecule has 0 saturated carbocycles. The predicted molar refractivity (Wildman–Crippen MR) is 119 cm³/mol. The first-order valence-corrected chi connectivity index (χ1v) is 10.2. The molecule has 29 heavy (non-hydrogen) atoms. The highest BCUT2D eigenvalue weighted by Gasteiger charge is 2.23. The third-order valence-corrected chi connectivity index (χ3v) is 6.00. The van der Waals surface area contributed by atoms with Crippen LogP contribution in [0, 0.1) is 5.82 Å². The lowest BCUT2D eigenvalue weighted by atomic mass is 9.89. The lowest BCUT2D eigenvalue weighted by molar-refractivity contribution is 0.0972. The van der Waals surface area contributed by atoms with Crippen molar-refractivity contribution in [1.29, 1.82) is 0 Å². The van der Waals surface area contributed by atoms with Gasteiger partial charge in [0, 0.05) is 36.1 Å². The van der Waals surface area contributed by atoms with Gasteiger partial charge in [0.25, 0.3) is 0 Å². The highest BCUT2D eigenvalue weighted by molar-refractivity contribution is 5.95. The Labute approximate surface area is 177 Å². The third kappa shape index (κ3) is 4.88. The Kier molecular flexibility index (Phi) is 7.09. The molecule has 2 heterocycles. The van der Waals surface area contributed by atoms with E-state index in [1.54, 1.807) is 12.1 Å². The number of hydrogen-bond donors (Lipinski definition) is 0. The first-order valence-electron chi connectivity index (χ1n) is 10.2. The van der Waals surface area contributed by atoms with Crippen molar-refractivity contribution < 1.29 is 9.18 Å². The molecule has 0 spiro atoms. The summed E-state index contributed by atoms with van der Waals surface area (Å²) in [5.41, 5.74) is 3.39. The predicted octanol–water partition coefficient (Wildman–Crippen LogP) is 5.58. The molecule has 0 bridgehead atoms. The van der Waals surface area contributed by atoms with Crippen LogP contribution in [0.3, 0.4) is 0 Å². The van der Waals surface area contributed by atoms with Crippen LogP contribution in [-0.2, 0) is 7.05 Å². The molecule has 0 amide bonds. The van der Waals surface area contributed by atoms with E-state index in [-0.39, 0.29) is 24.0 Å². The van der Waals surface area contributed by atoms with Crippen molar-refractivity contribution in [2.45, 2.75) is 31.6 Å². The van der Waals surface area contributed by atoms with Gasteiger partial charge in [-0.3, -0.25) is 4.79 Å². The lowest BCUT2D eigenvalue weighted by Gasteiger charge is -2.31. The number of piperidine rings is 1. The molecular formula is C24H28ClFN2O. The molecule has 0 radical (unpaired) electrons. The third-order valence-electron chi connectivity index (χ3n) is 6.00. The van der Waals surface area contributed by atoms with Crippen molar-refractivity contribution in [1.82, 2.24) is 9.47 Å². The van der Waals surface area contributed by atoms with E-state index in [2.05, 4.69) is 47.0 Å². The van der Waals surface area contributed by atoms with Crippen molar-refractivity contribution >= 4 is 29.1 Å². The van der Waals surface area contributed by atoms with Gasteiger partial charge in [-0.2, -0.15) is 0 Å². The van der Waals surface area contributed by atoms with Crippen LogP contribution in [0.25, 0.3) is 10.9 Å². The zero-order valence-electron chi connectivity index (χ0n) is 16.8. The second-order valence-corrected chi connectivity index (χ2v) is 7.86. The van der Waals surface area contributed by atoms with Crippen LogP contribution in [0.15, 0.2) is 54.7 Å². The Morgan fingerprint density at radius 3 is 2.48 bits per heavy atom. The summed E-state index contributed by atoms with van der Waals surface area (Å²) in [5.74, 6) is 0.416. The van der Waals surface area contributed by atoms with Crippen molar-refractivity contribution in [3.63, 3.8) is 0 Å². The molecule has 0 unspecified atom stereocenters. The number of aryl methyl sites for hydroxylation is 1. The van der Waals surface area contributed by atoms with E-state index in [0.29, 0.717) is 17.9 Å². The monoisotopic (exact) mass is 414 g/mol. The standard InChI is InChI=1S/C24H27FN2O.ClH/c1-26-17-22(21-5-2-3-6-23(21)26)18-12-15-27(16-13-18)14-4-7-24(28)19-8-10-20(25)11-9-19;/h2-3,5-6,8-11,17-18H,4,7,12-16H2,1H3;1H. The molecule has 3 aromatic rings. The highest BCUT2D eigenvalue weighted by atomic mass is 35.5. The number of fused-ring (bicyclic) bond motifs is 1. The summed E-state index contributed by atoms with van der Waals surface area (Å²) in [4.78, 5) is 14.7. The summed E-state index contributed by atoms with van der Waals surface area (Å²) in [5, 5.41) is 1.38. The van der Waals surface area contributed by atoms with Crippen LogP contribution in [0.1, 0.15) is 47.5 Å². The zero-order valence-corrected chi connectivity index (χ0v) is 17.6. The number of aromatic nitrogens is 1. The summed E-state index contributed by atoms with van der Waals surface area (Å²) in [7, 11) is 2.12. The lowest BCUT2D eigenvalue weighted by Crippen LogP contribution is -2.33. The summed E-state index contributed by atoms with van der Waals surface area (Å²) >= 11 is 0. The van der Waals surface area contributed by atoms with Gasteiger partial charge < -0.3 is 9.47 Å². The summed E-state index contributed by atoms with van der Waals surface area (Å²) in [6.45, 7) is 3.12. The van der Waals surface area contributed by atoms with E-state index < -0.39 is 0 Å². The Balaban J connectivity index is 0.00000240. The van der Waals surface area contributed by atoms with Crippen LogP contribution in [-0.4, -0.2) is 34.9 Å². The number of carbonyl (C=O) groups is 1. The molecule has 4 rings (SSSR count). The second-order valence-electron chi connectivity index (χ2n) is 7.86. The molecule has 5 heteroatoms. The van der Waals surface area contributed by atoms with Crippen LogP contribution < -0.4 is 0 Å². The minimum Gasteiger partial charge on any atom is -0.350 e. The van der Waals surface area contributed by atoms with Crippen LogP contribution in [0.4, 0.5) is 4.39 Å². The maximum Gasteiger partial charge on any atom is 0.162 e. The van der Waals surface area contributed by atoms with E-state index in [9.17, 15) is 9.18 Å². The number of Topliss-reactive ketones (excluding diaryl/α,β-unsaturated/α-hetero) is 1. The van der Waals surface area contributed by atoms with Crippen molar-refractivity contribution in [2.75, 3.05) is 19.6 Å². The highest BCUT2D eigenvalue weighted by Crippen LogP contribution is 2.34. The zero-order chi connectivity index (χ0) is 19.5. The van der Waals surface area contributed by atoms with Crippen molar-refractivity contribution in [2.24, 2.45) is 7.05 Å². The Hall–Kier alpha value is -2.17. The summed E-state index contributed by atoms with van der Waals surface area (Å²) in [6, 6.07) is 14.5. The molecule has 1 aromatic heterocycles. The van der Waals surface area contributed by atoms with E-state index >= 15 is 0 Å². The fourth-order valence-electron chi connectivity index (χ4n) is 4.41. The minimum atomic E-state index is -0.300. The number of likely N-dealkylation sites (tertiary alicyclic amines) is 1. The van der Waals surface area contributed by atoms with Crippen molar-refractivity contribution in [3.8, 4) is 0 Å². The van der Waals surface area contributed by atoms with Crippen LogP contribution in [0.2, 0.25) is 0 Å². The molecule has 2 aromatic carbocycles. The smallest absolute Gasteiger partial charge is 0.162 e. The molecule has 3 nitrogen and oxygen atoms in total. The fourth-order valence-corrected chi connectivity index (χ4v) is 4.41. The number of benzene rings is 2. The number of carbonyl (C=O) groups excluding carboxylic acids is 1. The number of halogens is 2. The number of hydrogen-bond acceptors (Lipinski definition) is 2. The molecule has 0 N–H and O–H groups in total. The quantitative estimate of drug-likeness (QED) is 0.492. The molecule has 1 aliphatic heterocycles. The molecule has 0 aliphatic carbocycles. The number of nitrogens with zero attached hydrogens (tertiary/aromatic N) is 2. The van der Waals surface area contributed by atoms with Gasteiger partial charge in [-0.1, -0.05) is 18.2 Å².